The fourth-order valence-corrected chi connectivity index (χ4v) is 1.93. The number of halogens is 1. The van der Waals surface area contributed by atoms with Crippen LogP contribution in [0.3, 0.4) is 0 Å². The van der Waals surface area contributed by atoms with Gasteiger partial charge in [0.05, 0.1) is 6.10 Å². The van der Waals surface area contributed by atoms with Crippen molar-refractivity contribution in [3.8, 4) is 5.75 Å². The van der Waals surface area contributed by atoms with Crippen LogP contribution in [0.15, 0.2) is 28.7 Å². The zero-order valence-electron chi connectivity index (χ0n) is 10.2. The van der Waals surface area contributed by atoms with Crippen LogP contribution in [0.4, 0.5) is 0 Å². The molecule has 0 N–H and O–H groups in total. The van der Waals surface area contributed by atoms with E-state index in [9.17, 15) is 0 Å². The SMILES string of the molecule is CCCCCCC(C)Oc1ccc(Br)cc1. The second-order valence-corrected chi connectivity index (χ2v) is 5.15. The molecule has 0 aromatic heterocycles. The Balaban J connectivity index is 2.23. The van der Waals surface area contributed by atoms with Crippen LogP contribution in [0, 0.1) is 0 Å². The Labute approximate surface area is 107 Å². The summed E-state index contributed by atoms with van der Waals surface area (Å²) in [5.41, 5.74) is 0. The number of hydrogen-bond acceptors (Lipinski definition) is 1. The molecule has 1 nitrogen and oxygen atoms in total. The maximum absolute atomic E-state index is 5.83. The van der Waals surface area contributed by atoms with Gasteiger partial charge >= 0.3 is 0 Å². The van der Waals surface area contributed by atoms with Crippen LogP contribution in [0.1, 0.15) is 46.0 Å². The van der Waals surface area contributed by atoms with Crippen molar-refractivity contribution in [3.63, 3.8) is 0 Å². The number of benzene rings is 1. The van der Waals surface area contributed by atoms with E-state index < -0.39 is 0 Å². The number of rotatable bonds is 7. The molecule has 0 aliphatic carbocycles. The van der Waals surface area contributed by atoms with Crippen molar-refractivity contribution in [2.75, 3.05) is 0 Å². The molecule has 0 heterocycles. The lowest BCUT2D eigenvalue weighted by Gasteiger charge is -2.14. The van der Waals surface area contributed by atoms with Crippen molar-refractivity contribution in [1.29, 1.82) is 0 Å². The lowest BCUT2D eigenvalue weighted by Crippen LogP contribution is -2.11. The number of ether oxygens (including phenoxy) is 1. The topological polar surface area (TPSA) is 9.23 Å². The Hall–Kier alpha value is -0.500. The average Bonchev–Trinajstić information content (AvgIpc) is 2.28. The molecule has 0 spiro atoms. The normalized spacial score (nSPS) is 12.4. The summed E-state index contributed by atoms with van der Waals surface area (Å²) in [6.07, 6.45) is 6.69. The quantitative estimate of drug-likeness (QED) is 0.627. The first-order valence-electron chi connectivity index (χ1n) is 6.14. The highest BCUT2D eigenvalue weighted by atomic mass is 79.9. The van der Waals surface area contributed by atoms with Crippen LogP contribution < -0.4 is 4.74 Å². The zero-order valence-corrected chi connectivity index (χ0v) is 11.8. The standard InChI is InChI=1S/C14H21BrO/c1-3-4-5-6-7-12(2)16-14-10-8-13(15)9-11-14/h8-12H,3-7H2,1-2H3. The first-order chi connectivity index (χ1) is 7.72. The molecule has 1 rings (SSSR count). The summed E-state index contributed by atoms with van der Waals surface area (Å²) in [5, 5.41) is 0. The molecule has 0 saturated heterocycles. The molecule has 0 saturated carbocycles. The van der Waals surface area contributed by atoms with Crippen LogP contribution in [-0.4, -0.2) is 6.10 Å². The fourth-order valence-electron chi connectivity index (χ4n) is 1.66. The molecule has 1 atom stereocenters. The van der Waals surface area contributed by atoms with Gasteiger partial charge in [-0.15, -0.1) is 0 Å². The Morgan fingerprint density at radius 2 is 1.81 bits per heavy atom. The fraction of sp³-hybridized carbons (Fsp3) is 0.571. The van der Waals surface area contributed by atoms with Gasteiger partial charge in [-0.3, -0.25) is 0 Å². The minimum absolute atomic E-state index is 0.318. The maximum Gasteiger partial charge on any atom is 0.119 e. The van der Waals surface area contributed by atoms with E-state index in [-0.39, 0.29) is 0 Å². The third-order valence-electron chi connectivity index (χ3n) is 2.62. The molecular formula is C14H21BrO. The summed E-state index contributed by atoms with van der Waals surface area (Å²) in [6, 6.07) is 8.04. The van der Waals surface area contributed by atoms with E-state index >= 15 is 0 Å². The Kier molecular flexibility index (Phi) is 6.55. The summed E-state index contributed by atoms with van der Waals surface area (Å²) in [5.74, 6) is 0.964. The highest BCUT2D eigenvalue weighted by Gasteiger charge is 2.03. The van der Waals surface area contributed by atoms with E-state index in [2.05, 4.69) is 29.8 Å². The second-order valence-electron chi connectivity index (χ2n) is 4.23. The van der Waals surface area contributed by atoms with E-state index in [1.807, 2.05) is 24.3 Å². The molecule has 2 heteroatoms. The zero-order chi connectivity index (χ0) is 11.8. The van der Waals surface area contributed by atoms with Gasteiger partial charge in [0.15, 0.2) is 0 Å². The largest absolute Gasteiger partial charge is 0.491 e. The van der Waals surface area contributed by atoms with Gasteiger partial charge in [-0.05, 0) is 44.0 Å². The van der Waals surface area contributed by atoms with Crippen molar-refractivity contribution in [3.05, 3.63) is 28.7 Å². The molecule has 0 bridgehead atoms. The Morgan fingerprint density at radius 1 is 1.12 bits per heavy atom. The second kappa shape index (κ2) is 7.72. The van der Waals surface area contributed by atoms with Crippen molar-refractivity contribution >= 4 is 15.9 Å². The van der Waals surface area contributed by atoms with E-state index in [0.717, 1.165) is 16.6 Å². The van der Waals surface area contributed by atoms with E-state index in [0.29, 0.717) is 6.10 Å². The summed E-state index contributed by atoms with van der Waals surface area (Å²) in [4.78, 5) is 0. The maximum atomic E-state index is 5.83. The molecule has 1 aromatic rings. The van der Waals surface area contributed by atoms with Crippen LogP contribution in [0.25, 0.3) is 0 Å². The van der Waals surface area contributed by atoms with Gasteiger partial charge in [-0.1, -0.05) is 42.1 Å². The highest BCUT2D eigenvalue weighted by molar-refractivity contribution is 9.10. The van der Waals surface area contributed by atoms with Gasteiger partial charge in [-0.25, -0.2) is 0 Å². The van der Waals surface area contributed by atoms with Gasteiger partial charge in [-0.2, -0.15) is 0 Å². The third-order valence-corrected chi connectivity index (χ3v) is 3.14. The molecule has 0 amide bonds. The van der Waals surface area contributed by atoms with Gasteiger partial charge in [0, 0.05) is 4.47 Å². The minimum atomic E-state index is 0.318. The average molecular weight is 285 g/mol. The number of hydrogen-bond donors (Lipinski definition) is 0. The van der Waals surface area contributed by atoms with Crippen LogP contribution in [0.2, 0.25) is 0 Å². The van der Waals surface area contributed by atoms with Gasteiger partial charge in [0.1, 0.15) is 5.75 Å². The first kappa shape index (κ1) is 13.6. The first-order valence-corrected chi connectivity index (χ1v) is 6.94. The molecule has 0 aliphatic rings. The predicted molar refractivity (Wildman–Crippen MR) is 73.0 cm³/mol. The summed E-state index contributed by atoms with van der Waals surface area (Å²) in [6.45, 7) is 4.38. The highest BCUT2D eigenvalue weighted by Crippen LogP contribution is 2.18. The molecule has 16 heavy (non-hydrogen) atoms. The van der Waals surface area contributed by atoms with Crippen molar-refractivity contribution in [2.24, 2.45) is 0 Å². The van der Waals surface area contributed by atoms with E-state index in [4.69, 9.17) is 4.74 Å². The van der Waals surface area contributed by atoms with Crippen LogP contribution in [-0.2, 0) is 0 Å². The monoisotopic (exact) mass is 284 g/mol. The summed E-state index contributed by atoms with van der Waals surface area (Å²) in [7, 11) is 0. The molecular weight excluding hydrogens is 264 g/mol. The lowest BCUT2D eigenvalue weighted by atomic mass is 10.1. The minimum Gasteiger partial charge on any atom is -0.491 e. The van der Waals surface area contributed by atoms with Crippen LogP contribution in [0.5, 0.6) is 5.75 Å². The lowest BCUT2D eigenvalue weighted by molar-refractivity contribution is 0.206. The summed E-state index contributed by atoms with van der Waals surface area (Å²) < 4.78 is 6.92. The predicted octanol–water partition coefficient (Wildman–Crippen LogP) is 5.19. The Bertz CT molecular complexity index is 281. The Morgan fingerprint density at radius 3 is 2.44 bits per heavy atom. The third kappa shape index (κ3) is 5.55. The van der Waals surface area contributed by atoms with Crippen molar-refractivity contribution < 1.29 is 4.74 Å². The molecule has 0 radical (unpaired) electrons. The molecule has 90 valence electrons. The molecule has 1 unspecified atom stereocenters. The number of unbranched alkanes of at least 4 members (excludes halogenated alkanes) is 3. The smallest absolute Gasteiger partial charge is 0.119 e. The van der Waals surface area contributed by atoms with Gasteiger partial charge < -0.3 is 4.74 Å². The van der Waals surface area contributed by atoms with Crippen LogP contribution >= 0.6 is 15.9 Å². The van der Waals surface area contributed by atoms with Gasteiger partial charge in [0.2, 0.25) is 0 Å². The van der Waals surface area contributed by atoms with Crippen molar-refractivity contribution in [2.45, 2.75) is 52.1 Å². The van der Waals surface area contributed by atoms with Crippen molar-refractivity contribution in [1.82, 2.24) is 0 Å². The van der Waals surface area contributed by atoms with Gasteiger partial charge in [0.25, 0.3) is 0 Å². The molecule has 0 aliphatic heterocycles. The van der Waals surface area contributed by atoms with E-state index in [1.54, 1.807) is 0 Å². The summed E-state index contributed by atoms with van der Waals surface area (Å²) >= 11 is 3.42. The molecule has 0 fully saturated rings. The van der Waals surface area contributed by atoms with E-state index in [1.165, 1.54) is 25.7 Å². The molecule has 1 aromatic carbocycles.